The number of aryl methyl sites for hydroxylation is 2. The summed E-state index contributed by atoms with van der Waals surface area (Å²) in [4.78, 5) is 8.79. The SMILES string of the molecule is Cc1ccc2cc(C)c3cnccc3c2n1. The van der Waals surface area contributed by atoms with Crippen molar-refractivity contribution in [1.29, 1.82) is 0 Å². The van der Waals surface area contributed by atoms with E-state index in [-0.39, 0.29) is 0 Å². The third-order valence-electron chi connectivity index (χ3n) is 2.94. The van der Waals surface area contributed by atoms with E-state index in [0.29, 0.717) is 0 Å². The van der Waals surface area contributed by atoms with Crippen molar-refractivity contribution in [1.82, 2.24) is 9.97 Å². The van der Waals surface area contributed by atoms with Crippen molar-refractivity contribution in [3.63, 3.8) is 0 Å². The van der Waals surface area contributed by atoms with Gasteiger partial charge in [-0.15, -0.1) is 0 Å². The molecule has 2 heteroatoms. The molecule has 0 fully saturated rings. The normalized spacial score (nSPS) is 11.1. The van der Waals surface area contributed by atoms with Gasteiger partial charge >= 0.3 is 0 Å². The molecule has 0 bridgehead atoms. The van der Waals surface area contributed by atoms with Gasteiger partial charge in [0.05, 0.1) is 5.52 Å². The van der Waals surface area contributed by atoms with Crippen LogP contribution in [0.2, 0.25) is 0 Å². The maximum atomic E-state index is 4.62. The molecule has 0 aliphatic rings. The first-order valence-corrected chi connectivity index (χ1v) is 5.36. The van der Waals surface area contributed by atoms with Crippen LogP contribution in [0, 0.1) is 13.8 Å². The maximum absolute atomic E-state index is 4.62. The monoisotopic (exact) mass is 208 g/mol. The molecule has 0 spiro atoms. The largest absolute Gasteiger partial charge is 0.264 e. The van der Waals surface area contributed by atoms with Crippen LogP contribution >= 0.6 is 0 Å². The summed E-state index contributed by atoms with van der Waals surface area (Å²) >= 11 is 0. The predicted octanol–water partition coefficient (Wildman–Crippen LogP) is 3.40. The van der Waals surface area contributed by atoms with Gasteiger partial charge in [-0.25, -0.2) is 0 Å². The lowest BCUT2D eigenvalue weighted by Gasteiger charge is -2.06. The van der Waals surface area contributed by atoms with Crippen LogP contribution in [0.1, 0.15) is 11.3 Å². The zero-order valence-electron chi connectivity index (χ0n) is 9.36. The second-order valence-corrected chi connectivity index (χ2v) is 4.14. The van der Waals surface area contributed by atoms with Crippen LogP contribution in [-0.2, 0) is 0 Å². The average Bonchev–Trinajstić information content (AvgIpc) is 2.31. The summed E-state index contributed by atoms with van der Waals surface area (Å²) in [7, 11) is 0. The fourth-order valence-electron chi connectivity index (χ4n) is 2.13. The van der Waals surface area contributed by atoms with Gasteiger partial charge in [0.15, 0.2) is 0 Å². The Morgan fingerprint density at radius 3 is 2.75 bits per heavy atom. The molecule has 2 heterocycles. The van der Waals surface area contributed by atoms with Crippen molar-refractivity contribution in [2.24, 2.45) is 0 Å². The number of rotatable bonds is 0. The molecule has 78 valence electrons. The predicted molar refractivity (Wildman–Crippen MR) is 66.5 cm³/mol. The smallest absolute Gasteiger partial charge is 0.0784 e. The second-order valence-electron chi connectivity index (χ2n) is 4.14. The minimum atomic E-state index is 1.05. The molecule has 0 aliphatic heterocycles. The lowest BCUT2D eigenvalue weighted by atomic mass is 10.0. The molecule has 1 aromatic carbocycles. The highest BCUT2D eigenvalue weighted by molar-refractivity contribution is 6.06. The summed E-state index contributed by atoms with van der Waals surface area (Å²) in [5, 5.41) is 3.57. The van der Waals surface area contributed by atoms with Crippen LogP contribution in [0.3, 0.4) is 0 Å². The van der Waals surface area contributed by atoms with E-state index in [1.807, 2.05) is 25.4 Å². The molecule has 0 radical (unpaired) electrons. The molecule has 0 aliphatic carbocycles. The van der Waals surface area contributed by atoms with E-state index >= 15 is 0 Å². The molecule has 0 N–H and O–H groups in total. The number of hydrogen-bond acceptors (Lipinski definition) is 2. The number of benzene rings is 1. The first-order valence-electron chi connectivity index (χ1n) is 5.36. The second kappa shape index (κ2) is 3.27. The highest BCUT2D eigenvalue weighted by Gasteiger charge is 2.04. The molecular weight excluding hydrogens is 196 g/mol. The summed E-state index contributed by atoms with van der Waals surface area (Å²) in [6, 6.07) is 8.39. The van der Waals surface area contributed by atoms with E-state index < -0.39 is 0 Å². The van der Waals surface area contributed by atoms with E-state index in [2.05, 4.69) is 35.1 Å². The Labute approximate surface area is 94.0 Å². The van der Waals surface area contributed by atoms with Gasteiger partial charge in [-0.1, -0.05) is 6.07 Å². The van der Waals surface area contributed by atoms with E-state index in [1.165, 1.54) is 21.7 Å². The van der Waals surface area contributed by atoms with E-state index in [9.17, 15) is 0 Å². The summed E-state index contributed by atoms with van der Waals surface area (Å²) in [6.07, 6.45) is 3.74. The Kier molecular flexibility index (Phi) is 1.90. The minimum absolute atomic E-state index is 1.05. The van der Waals surface area contributed by atoms with Crippen LogP contribution < -0.4 is 0 Å². The summed E-state index contributed by atoms with van der Waals surface area (Å²) < 4.78 is 0. The zero-order valence-corrected chi connectivity index (χ0v) is 9.36. The molecule has 2 aromatic heterocycles. The van der Waals surface area contributed by atoms with Crippen molar-refractivity contribution >= 4 is 21.7 Å². The highest BCUT2D eigenvalue weighted by atomic mass is 14.7. The van der Waals surface area contributed by atoms with Gasteiger partial charge in [0, 0.05) is 34.2 Å². The molecule has 3 aromatic rings. The van der Waals surface area contributed by atoms with Crippen LogP contribution in [0.15, 0.2) is 36.7 Å². The first-order chi connectivity index (χ1) is 7.75. The highest BCUT2D eigenvalue weighted by Crippen LogP contribution is 2.26. The third-order valence-corrected chi connectivity index (χ3v) is 2.94. The molecular formula is C14H12N2. The molecule has 0 atom stereocenters. The number of nitrogens with zero attached hydrogens (tertiary/aromatic N) is 2. The van der Waals surface area contributed by atoms with Crippen molar-refractivity contribution in [2.45, 2.75) is 13.8 Å². The fourth-order valence-corrected chi connectivity index (χ4v) is 2.13. The molecule has 2 nitrogen and oxygen atoms in total. The molecule has 0 saturated heterocycles. The Balaban J connectivity index is 2.61. The molecule has 0 amide bonds. The number of aromatic nitrogens is 2. The van der Waals surface area contributed by atoms with E-state index in [0.717, 1.165) is 11.2 Å². The summed E-state index contributed by atoms with van der Waals surface area (Å²) in [5.74, 6) is 0. The van der Waals surface area contributed by atoms with Crippen LogP contribution in [-0.4, -0.2) is 9.97 Å². The van der Waals surface area contributed by atoms with Gasteiger partial charge in [-0.3, -0.25) is 9.97 Å². The number of pyridine rings is 2. The van der Waals surface area contributed by atoms with Gasteiger partial charge < -0.3 is 0 Å². The Hall–Kier alpha value is -1.96. The number of hydrogen-bond donors (Lipinski definition) is 0. The summed E-state index contributed by atoms with van der Waals surface area (Å²) in [5.41, 5.74) is 3.37. The average molecular weight is 208 g/mol. The first kappa shape index (κ1) is 9.28. The van der Waals surface area contributed by atoms with E-state index in [4.69, 9.17) is 0 Å². The lowest BCUT2D eigenvalue weighted by Crippen LogP contribution is -1.88. The Morgan fingerprint density at radius 2 is 1.88 bits per heavy atom. The minimum Gasteiger partial charge on any atom is -0.264 e. The fraction of sp³-hybridized carbons (Fsp3) is 0.143. The Bertz CT molecular complexity index is 687. The Morgan fingerprint density at radius 1 is 1.00 bits per heavy atom. The van der Waals surface area contributed by atoms with E-state index in [1.54, 1.807) is 0 Å². The number of fused-ring (bicyclic) bond motifs is 3. The van der Waals surface area contributed by atoms with Crippen molar-refractivity contribution in [3.05, 3.63) is 47.9 Å². The zero-order chi connectivity index (χ0) is 11.1. The quantitative estimate of drug-likeness (QED) is 0.529. The van der Waals surface area contributed by atoms with Crippen molar-refractivity contribution < 1.29 is 0 Å². The maximum Gasteiger partial charge on any atom is 0.0784 e. The molecule has 3 rings (SSSR count). The molecule has 0 unspecified atom stereocenters. The van der Waals surface area contributed by atoms with Crippen molar-refractivity contribution in [2.75, 3.05) is 0 Å². The topological polar surface area (TPSA) is 25.8 Å². The van der Waals surface area contributed by atoms with Gasteiger partial charge in [0.1, 0.15) is 0 Å². The van der Waals surface area contributed by atoms with Crippen molar-refractivity contribution in [3.8, 4) is 0 Å². The molecule has 0 saturated carbocycles. The van der Waals surface area contributed by atoms with Gasteiger partial charge in [-0.2, -0.15) is 0 Å². The molecule has 16 heavy (non-hydrogen) atoms. The van der Waals surface area contributed by atoms with Gasteiger partial charge in [0.2, 0.25) is 0 Å². The van der Waals surface area contributed by atoms with Gasteiger partial charge in [0.25, 0.3) is 0 Å². The summed E-state index contributed by atoms with van der Waals surface area (Å²) in [6.45, 7) is 4.13. The third kappa shape index (κ3) is 1.27. The van der Waals surface area contributed by atoms with Crippen LogP contribution in [0.25, 0.3) is 21.7 Å². The lowest BCUT2D eigenvalue weighted by molar-refractivity contribution is 1.26. The van der Waals surface area contributed by atoms with Crippen LogP contribution in [0.4, 0.5) is 0 Å². The standard InChI is InChI=1S/C14H12N2/c1-9-7-11-4-3-10(2)16-14(11)12-5-6-15-8-13(9)12/h3-8H,1-2H3. The van der Waals surface area contributed by atoms with Crippen LogP contribution in [0.5, 0.6) is 0 Å². The van der Waals surface area contributed by atoms with Gasteiger partial charge in [-0.05, 0) is 37.6 Å².